The molecule has 0 heterocycles. The molecule has 0 radical (unpaired) electrons. The first kappa shape index (κ1) is 17.8. The van der Waals surface area contributed by atoms with Gasteiger partial charge in [-0.15, -0.1) is 0 Å². The molecule has 1 amide bonds. The van der Waals surface area contributed by atoms with Crippen molar-refractivity contribution in [3.63, 3.8) is 0 Å². The fourth-order valence-corrected chi connectivity index (χ4v) is 2.93. The van der Waals surface area contributed by atoms with E-state index < -0.39 is 11.9 Å². The molecule has 2 aromatic carbocycles. The monoisotopic (exact) mass is 504 g/mol. The fourth-order valence-electron chi connectivity index (χ4n) is 1.77. The summed E-state index contributed by atoms with van der Waals surface area (Å²) in [5.74, 6) is -1.47. The molecule has 118 valence electrons. The van der Waals surface area contributed by atoms with Gasteiger partial charge in [0.2, 0.25) is 0 Å². The molecule has 3 N–H and O–H groups in total. The number of aromatic carboxylic acids is 1. The third-order valence-electron chi connectivity index (χ3n) is 2.81. The maximum atomic E-state index is 12.2. The largest absolute Gasteiger partial charge is 0.478 e. The first-order chi connectivity index (χ1) is 10.9. The van der Waals surface area contributed by atoms with Crippen molar-refractivity contribution < 1.29 is 14.7 Å². The Kier molecular flexibility index (Phi) is 6.08. The number of halogens is 2. The minimum absolute atomic E-state index is 0.0226. The van der Waals surface area contributed by atoms with Crippen molar-refractivity contribution in [3.8, 4) is 0 Å². The smallest absolute Gasteiger partial charge is 0.337 e. The van der Waals surface area contributed by atoms with Gasteiger partial charge in [0.25, 0.3) is 5.91 Å². The molecule has 5 nitrogen and oxygen atoms in total. The van der Waals surface area contributed by atoms with E-state index >= 15 is 0 Å². The van der Waals surface area contributed by atoms with E-state index in [1.165, 1.54) is 6.07 Å². The molecule has 23 heavy (non-hydrogen) atoms. The third kappa shape index (κ3) is 4.72. The van der Waals surface area contributed by atoms with E-state index in [0.29, 0.717) is 15.7 Å². The Hall–Kier alpha value is -1.52. The summed E-state index contributed by atoms with van der Waals surface area (Å²) in [5.41, 5.74) is 0.822. The van der Waals surface area contributed by atoms with Crippen LogP contribution in [0.5, 0.6) is 0 Å². The predicted octanol–water partition coefficient (Wildman–Crippen LogP) is 3.88. The lowest BCUT2D eigenvalue weighted by molar-refractivity contribution is 0.0697. The lowest BCUT2D eigenvalue weighted by Crippen LogP contribution is -2.34. The van der Waals surface area contributed by atoms with Gasteiger partial charge in [-0.3, -0.25) is 10.1 Å². The zero-order chi connectivity index (χ0) is 17.0. The van der Waals surface area contributed by atoms with E-state index in [0.717, 1.165) is 3.57 Å². The number of carbonyl (C=O) groups is 2. The maximum absolute atomic E-state index is 12.2. The highest BCUT2D eigenvalue weighted by atomic mass is 127. The van der Waals surface area contributed by atoms with Crippen molar-refractivity contribution in [1.29, 1.82) is 0 Å². The highest BCUT2D eigenvalue weighted by Crippen LogP contribution is 2.19. The van der Waals surface area contributed by atoms with Crippen LogP contribution in [-0.2, 0) is 0 Å². The van der Waals surface area contributed by atoms with Gasteiger partial charge in [-0.25, -0.2) is 4.79 Å². The standard InChI is InChI=1S/C15H10BrIN2O3S/c16-11-4-2-1-3-9(11)13(20)19-15(23)18-12-6-5-8(17)7-10(12)14(21)22/h1-7H,(H,21,22)(H2,18,19,20,23). The lowest BCUT2D eigenvalue weighted by atomic mass is 10.2. The molecule has 0 spiro atoms. The molecule has 0 saturated heterocycles. The highest BCUT2D eigenvalue weighted by Gasteiger charge is 2.14. The topological polar surface area (TPSA) is 78.4 Å². The van der Waals surface area contributed by atoms with E-state index in [2.05, 4.69) is 26.6 Å². The first-order valence-corrected chi connectivity index (χ1v) is 8.56. The average Bonchev–Trinajstić information content (AvgIpc) is 2.49. The first-order valence-electron chi connectivity index (χ1n) is 6.28. The molecule has 0 aliphatic carbocycles. The van der Waals surface area contributed by atoms with Crippen LogP contribution in [0.25, 0.3) is 0 Å². The van der Waals surface area contributed by atoms with Crippen LogP contribution in [0.15, 0.2) is 46.9 Å². The number of amides is 1. The molecule has 0 bridgehead atoms. The Morgan fingerprint density at radius 1 is 1.13 bits per heavy atom. The number of hydrogen-bond donors (Lipinski definition) is 3. The minimum Gasteiger partial charge on any atom is -0.478 e. The van der Waals surface area contributed by atoms with Crippen LogP contribution in [0.1, 0.15) is 20.7 Å². The van der Waals surface area contributed by atoms with Crippen molar-refractivity contribution in [2.45, 2.75) is 0 Å². The van der Waals surface area contributed by atoms with Crippen molar-refractivity contribution >= 4 is 73.4 Å². The van der Waals surface area contributed by atoms with E-state index in [9.17, 15) is 14.7 Å². The molecule has 0 aliphatic heterocycles. The molecule has 0 fully saturated rings. The summed E-state index contributed by atoms with van der Waals surface area (Å²) in [6.07, 6.45) is 0. The van der Waals surface area contributed by atoms with E-state index in [1.54, 1.807) is 36.4 Å². The van der Waals surface area contributed by atoms with Gasteiger partial charge in [0.1, 0.15) is 0 Å². The summed E-state index contributed by atoms with van der Waals surface area (Å²) < 4.78 is 1.43. The molecule has 0 aromatic heterocycles. The fraction of sp³-hybridized carbons (Fsp3) is 0. The highest BCUT2D eigenvalue weighted by molar-refractivity contribution is 14.1. The second-order valence-electron chi connectivity index (χ2n) is 4.38. The van der Waals surface area contributed by atoms with Gasteiger partial charge in [0.05, 0.1) is 16.8 Å². The zero-order valence-electron chi connectivity index (χ0n) is 11.5. The Balaban J connectivity index is 2.13. The number of anilines is 1. The van der Waals surface area contributed by atoms with Crippen LogP contribution in [0.4, 0.5) is 5.69 Å². The van der Waals surface area contributed by atoms with Crippen LogP contribution in [0.3, 0.4) is 0 Å². The summed E-state index contributed by atoms with van der Waals surface area (Å²) in [4.78, 5) is 23.4. The average molecular weight is 505 g/mol. The van der Waals surface area contributed by atoms with Gasteiger partial charge in [-0.1, -0.05) is 12.1 Å². The minimum atomic E-state index is -1.08. The van der Waals surface area contributed by atoms with Gasteiger partial charge in [0.15, 0.2) is 5.11 Å². The summed E-state index contributed by atoms with van der Waals surface area (Å²) in [6, 6.07) is 11.8. The van der Waals surface area contributed by atoms with E-state index in [1.807, 2.05) is 22.6 Å². The van der Waals surface area contributed by atoms with Crippen molar-refractivity contribution in [2.24, 2.45) is 0 Å². The summed E-state index contributed by atoms with van der Waals surface area (Å²) >= 11 is 10.4. The predicted molar refractivity (Wildman–Crippen MR) is 104 cm³/mol. The molecule has 0 aliphatic rings. The summed E-state index contributed by atoms with van der Waals surface area (Å²) in [5, 5.41) is 14.5. The number of carbonyl (C=O) groups excluding carboxylic acids is 1. The van der Waals surface area contributed by atoms with Gasteiger partial charge in [-0.05, 0) is 81.1 Å². The maximum Gasteiger partial charge on any atom is 0.337 e. The second-order valence-corrected chi connectivity index (χ2v) is 6.89. The molecule has 2 rings (SSSR count). The van der Waals surface area contributed by atoms with Crippen molar-refractivity contribution in [1.82, 2.24) is 5.32 Å². The Morgan fingerprint density at radius 2 is 1.83 bits per heavy atom. The second kappa shape index (κ2) is 7.84. The van der Waals surface area contributed by atoms with E-state index in [4.69, 9.17) is 12.2 Å². The number of thiocarbonyl (C=S) groups is 1. The normalized spacial score (nSPS) is 10.0. The van der Waals surface area contributed by atoms with E-state index in [-0.39, 0.29) is 10.7 Å². The van der Waals surface area contributed by atoms with Crippen LogP contribution < -0.4 is 10.6 Å². The van der Waals surface area contributed by atoms with Gasteiger partial charge < -0.3 is 10.4 Å². The molecule has 0 saturated carbocycles. The molecule has 2 aromatic rings. The number of carboxylic acid groups (broad SMARTS) is 1. The molecule has 0 unspecified atom stereocenters. The Bertz CT molecular complexity index is 798. The van der Waals surface area contributed by atoms with Crippen LogP contribution in [0.2, 0.25) is 0 Å². The van der Waals surface area contributed by atoms with Crippen LogP contribution >= 0.6 is 50.7 Å². The van der Waals surface area contributed by atoms with Gasteiger partial charge in [-0.2, -0.15) is 0 Å². The number of carboxylic acids is 1. The molecule has 8 heteroatoms. The number of hydrogen-bond acceptors (Lipinski definition) is 3. The van der Waals surface area contributed by atoms with Crippen LogP contribution in [-0.4, -0.2) is 22.1 Å². The lowest BCUT2D eigenvalue weighted by Gasteiger charge is -2.12. The quantitative estimate of drug-likeness (QED) is 0.436. The third-order valence-corrected chi connectivity index (χ3v) is 4.37. The van der Waals surface area contributed by atoms with Gasteiger partial charge in [0, 0.05) is 8.04 Å². The Labute approximate surface area is 159 Å². The Morgan fingerprint density at radius 3 is 2.48 bits per heavy atom. The zero-order valence-corrected chi connectivity index (χ0v) is 16.0. The summed E-state index contributed by atoms with van der Waals surface area (Å²) in [6.45, 7) is 0. The number of benzene rings is 2. The number of nitrogens with one attached hydrogen (secondary N) is 2. The van der Waals surface area contributed by atoms with Crippen molar-refractivity contribution in [2.75, 3.05) is 5.32 Å². The molecular formula is C15H10BrIN2O3S. The molecule has 0 atom stereocenters. The summed E-state index contributed by atoms with van der Waals surface area (Å²) in [7, 11) is 0. The molecular weight excluding hydrogens is 495 g/mol. The van der Waals surface area contributed by atoms with Gasteiger partial charge >= 0.3 is 5.97 Å². The van der Waals surface area contributed by atoms with Crippen LogP contribution in [0, 0.1) is 3.57 Å². The van der Waals surface area contributed by atoms with Crippen molar-refractivity contribution in [3.05, 3.63) is 61.6 Å². The SMILES string of the molecule is O=C(NC(=S)Nc1ccc(I)cc1C(=O)O)c1ccccc1Br. The number of rotatable bonds is 3.